The first-order valence-electron chi connectivity index (χ1n) is 12.3. The average molecular weight is 517 g/mol. The highest BCUT2D eigenvalue weighted by atomic mass is 19.4. The maximum absolute atomic E-state index is 13.3. The number of likely N-dealkylation sites (N-methyl/N-ethyl adjacent to an activating group) is 1. The zero-order valence-corrected chi connectivity index (χ0v) is 20.2. The molecule has 7 nitrogen and oxygen atoms in total. The van der Waals surface area contributed by atoms with Crippen LogP contribution in [0.25, 0.3) is 5.57 Å². The van der Waals surface area contributed by atoms with Crippen molar-refractivity contribution in [3.8, 4) is 11.5 Å². The Morgan fingerprint density at radius 1 is 1.22 bits per heavy atom. The number of ether oxygens (including phenoxy) is 2. The number of hydrogen-bond donors (Lipinski definition) is 2. The number of amides is 2. The number of nitrogens with zero attached hydrogens (tertiary/aromatic N) is 1. The Balaban J connectivity index is 1.41. The lowest BCUT2D eigenvalue weighted by Gasteiger charge is -2.46. The van der Waals surface area contributed by atoms with E-state index in [0.29, 0.717) is 54.1 Å². The van der Waals surface area contributed by atoms with Crippen LogP contribution in [0.5, 0.6) is 11.5 Å². The van der Waals surface area contributed by atoms with Crippen LogP contribution < -0.4 is 19.7 Å². The van der Waals surface area contributed by atoms with Crippen molar-refractivity contribution < 1.29 is 37.3 Å². The molecule has 1 fully saturated rings. The minimum atomic E-state index is -4.49. The number of alkyl halides is 3. The summed E-state index contributed by atoms with van der Waals surface area (Å²) in [6.07, 6.45) is -0.908. The average Bonchev–Trinajstić information content (AvgIpc) is 2.83. The van der Waals surface area contributed by atoms with Crippen LogP contribution in [0.4, 0.5) is 24.5 Å². The standard InChI is InChI=1S/C27H27F3N2O5/c1-2-32-20-14-18(5-7-21(20)36-22(8-11-33)25(32)35)31-24(34)12-16-15-26(9-3-10-26)37-23-13-17(27(28,29)30)4-6-19(16)23/h4-7,12-14,22,33H,2-3,8-11,15H2,1H3,(H,31,34)/b16-12+. The molecule has 0 radical (unpaired) electrons. The molecule has 2 N–H and O–H groups in total. The van der Waals surface area contributed by atoms with E-state index in [0.717, 1.165) is 18.6 Å². The number of carbonyl (C=O) groups is 2. The fraction of sp³-hybridized carbons (Fsp3) is 0.407. The van der Waals surface area contributed by atoms with Crippen LogP contribution >= 0.6 is 0 Å². The van der Waals surface area contributed by atoms with E-state index in [1.807, 2.05) is 6.92 Å². The number of fused-ring (bicyclic) bond motifs is 2. The normalized spacial score (nSPS) is 21.0. The third kappa shape index (κ3) is 4.77. The predicted molar refractivity (Wildman–Crippen MR) is 130 cm³/mol. The zero-order chi connectivity index (χ0) is 26.4. The Kier molecular flexibility index (Phi) is 6.39. The van der Waals surface area contributed by atoms with Gasteiger partial charge in [0, 0.05) is 43.3 Å². The number of carbonyl (C=O) groups excluding carboxylic acids is 2. The van der Waals surface area contributed by atoms with Gasteiger partial charge in [-0.2, -0.15) is 13.2 Å². The van der Waals surface area contributed by atoms with E-state index in [1.54, 1.807) is 23.1 Å². The Morgan fingerprint density at radius 2 is 2.00 bits per heavy atom. The summed E-state index contributed by atoms with van der Waals surface area (Å²) in [5.74, 6) is -0.0961. The van der Waals surface area contributed by atoms with E-state index in [-0.39, 0.29) is 24.7 Å². The highest BCUT2D eigenvalue weighted by molar-refractivity contribution is 6.06. The molecule has 37 heavy (non-hydrogen) atoms. The summed E-state index contributed by atoms with van der Waals surface area (Å²) in [6.45, 7) is 2.03. The number of hydrogen-bond acceptors (Lipinski definition) is 5. The highest BCUT2D eigenvalue weighted by Gasteiger charge is 2.44. The number of rotatable bonds is 5. The number of aliphatic hydroxyl groups is 1. The summed E-state index contributed by atoms with van der Waals surface area (Å²) >= 11 is 0. The molecule has 2 amide bonds. The second-order valence-corrected chi connectivity index (χ2v) is 9.57. The molecule has 1 spiro atoms. The molecule has 0 aromatic heterocycles. The molecule has 2 aromatic rings. The molecule has 1 atom stereocenters. The molecule has 1 aliphatic carbocycles. The van der Waals surface area contributed by atoms with Crippen LogP contribution in [0.15, 0.2) is 42.5 Å². The van der Waals surface area contributed by atoms with Crippen molar-refractivity contribution in [2.24, 2.45) is 0 Å². The van der Waals surface area contributed by atoms with E-state index in [2.05, 4.69) is 5.32 Å². The molecule has 196 valence electrons. The van der Waals surface area contributed by atoms with E-state index in [1.165, 1.54) is 12.1 Å². The summed E-state index contributed by atoms with van der Waals surface area (Å²) in [5, 5.41) is 12.0. The number of anilines is 2. The second kappa shape index (κ2) is 9.41. The van der Waals surface area contributed by atoms with Gasteiger partial charge in [-0.3, -0.25) is 9.59 Å². The first-order valence-corrected chi connectivity index (χ1v) is 12.3. The summed E-state index contributed by atoms with van der Waals surface area (Å²) in [5.41, 5.74) is 0.659. The second-order valence-electron chi connectivity index (χ2n) is 9.57. The minimum Gasteiger partial charge on any atom is -0.486 e. The molecule has 0 saturated heterocycles. The summed E-state index contributed by atoms with van der Waals surface area (Å²) in [7, 11) is 0. The Morgan fingerprint density at radius 3 is 2.65 bits per heavy atom. The quantitative estimate of drug-likeness (QED) is 0.551. The van der Waals surface area contributed by atoms with Crippen LogP contribution in [0.1, 0.15) is 50.2 Å². The number of aliphatic hydroxyl groups excluding tert-OH is 1. The van der Waals surface area contributed by atoms with Crippen molar-refractivity contribution in [3.05, 3.63) is 53.6 Å². The van der Waals surface area contributed by atoms with Gasteiger partial charge in [0.05, 0.1) is 11.3 Å². The highest BCUT2D eigenvalue weighted by Crippen LogP contribution is 2.50. The number of benzene rings is 2. The van der Waals surface area contributed by atoms with E-state index < -0.39 is 29.4 Å². The lowest BCUT2D eigenvalue weighted by Crippen LogP contribution is -2.46. The van der Waals surface area contributed by atoms with Crippen molar-refractivity contribution in [1.82, 2.24) is 0 Å². The largest absolute Gasteiger partial charge is 0.486 e. The molecule has 3 aliphatic rings. The van der Waals surface area contributed by atoms with Gasteiger partial charge < -0.3 is 24.8 Å². The number of halogens is 3. The van der Waals surface area contributed by atoms with Gasteiger partial charge in [0.2, 0.25) is 5.91 Å². The minimum absolute atomic E-state index is 0.139. The summed E-state index contributed by atoms with van der Waals surface area (Å²) in [6, 6.07) is 8.30. The van der Waals surface area contributed by atoms with Gasteiger partial charge in [-0.15, -0.1) is 0 Å². The van der Waals surface area contributed by atoms with E-state index in [9.17, 15) is 27.9 Å². The third-order valence-electron chi connectivity index (χ3n) is 7.10. The zero-order valence-electron chi connectivity index (χ0n) is 20.2. The van der Waals surface area contributed by atoms with E-state index >= 15 is 0 Å². The fourth-order valence-electron chi connectivity index (χ4n) is 5.10. The van der Waals surface area contributed by atoms with E-state index in [4.69, 9.17) is 9.47 Å². The number of nitrogens with one attached hydrogen (secondary N) is 1. The molecule has 0 bridgehead atoms. The van der Waals surface area contributed by atoms with Gasteiger partial charge in [-0.1, -0.05) is 6.07 Å². The van der Waals surface area contributed by atoms with Crippen LogP contribution in [-0.2, 0) is 15.8 Å². The first-order chi connectivity index (χ1) is 17.6. The monoisotopic (exact) mass is 516 g/mol. The van der Waals surface area contributed by atoms with Crippen molar-refractivity contribution in [3.63, 3.8) is 0 Å². The molecule has 1 unspecified atom stereocenters. The molecule has 1 saturated carbocycles. The lowest BCUT2D eigenvalue weighted by atomic mass is 9.72. The lowest BCUT2D eigenvalue weighted by molar-refractivity contribution is -0.138. The molecule has 2 heterocycles. The van der Waals surface area contributed by atoms with Gasteiger partial charge >= 0.3 is 6.18 Å². The van der Waals surface area contributed by atoms with Gasteiger partial charge in [0.1, 0.15) is 17.1 Å². The van der Waals surface area contributed by atoms with Crippen LogP contribution in [0.2, 0.25) is 0 Å². The fourth-order valence-corrected chi connectivity index (χ4v) is 5.10. The smallest absolute Gasteiger partial charge is 0.416 e. The van der Waals surface area contributed by atoms with Gasteiger partial charge in [0.15, 0.2) is 6.10 Å². The van der Waals surface area contributed by atoms with Gasteiger partial charge in [-0.25, -0.2) is 0 Å². The summed E-state index contributed by atoms with van der Waals surface area (Å²) in [4.78, 5) is 27.3. The van der Waals surface area contributed by atoms with Crippen molar-refractivity contribution >= 4 is 28.8 Å². The van der Waals surface area contributed by atoms with Crippen molar-refractivity contribution in [1.29, 1.82) is 0 Å². The Bertz CT molecular complexity index is 1270. The molecule has 5 rings (SSSR count). The first kappa shape index (κ1) is 25.1. The topological polar surface area (TPSA) is 88.1 Å². The van der Waals surface area contributed by atoms with Gasteiger partial charge in [0.25, 0.3) is 5.91 Å². The third-order valence-corrected chi connectivity index (χ3v) is 7.10. The Hall–Kier alpha value is -3.53. The molecular weight excluding hydrogens is 489 g/mol. The molecule has 2 aliphatic heterocycles. The SMILES string of the molecule is CCN1C(=O)C(CCO)Oc2ccc(NC(=O)/C=C3\CC4(CCC4)Oc4cc(C(F)(F)F)ccc43)cc21. The van der Waals surface area contributed by atoms with Crippen molar-refractivity contribution in [2.45, 2.75) is 56.9 Å². The predicted octanol–water partition coefficient (Wildman–Crippen LogP) is 4.93. The van der Waals surface area contributed by atoms with Crippen LogP contribution in [0, 0.1) is 0 Å². The Labute approximate surface area is 211 Å². The molecular formula is C27H27F3N2O5. The van der Waals surface area contributed by atoms with Crippen LogP contribution in [-0.4, -0.2) is 41.8 Å². The van der Waals surface area contributed by atoms with Gasteiger partial charge in [-0.05, 0) is 62.1 Å². The van der Waals surface area contributed by atoms with Crippen LogP contribution in [0.3, 0.4) is 0 Å². The maximum Gasteiger partial charge on any atom is 0.416 e. The maximum atomic E-state index is 13.3. The molecule has 10 heteroatoms. The summed E-state index contributed by atoms with van der Waals surface area (Å²) < 4.78 is 51.6. The molecule has 2 aromatic carbocycles. The van der Waals surface area contributed by atoms with Crippen molar-refractivity contribution in [2.75, 3.05) is 23.4 Å².